The summed E-state index contributed by atoms with van der Waals surface area (Å²) in [5, 5.41) is 23.2. The van der Waals surface area contributed by atoms with Gasteiger partial charge in [0.05, 0.1) is 0 Å². The molecule has 7 heteroatoms. The lowest BCUT2D eigenvalue weighted by Crippen LogP contribution is -2.30. The van der Waals surface area contributed by atoms with E-state index in [-0.39, 0.29) is 11.3 Å². The smallest absolute Gasteiger partial charge is 0.339 e. The Hall–Kier alpha value is -1.89. The summed E-state index contributed by atoms with van der Waals surface area (Å²) in [5.41, 5.74) is 0.0590. The van der Waals surface area contributed by atoms with E-state index in [1.165, 1.54) is 18.2 Å². The number of urea groups is 1. The number of benzene rings is 1. The summed E-state index contributed by atoms with van der Waals surface area (Å²) >= 11 is 1.60. The number of rotatable bonds is 5. The van der Waals surface area contributed by atoms with Gasteiger partial charge < -0.3 is 20.8 Å². The molecule has 1 rings (SSSR count). The van der Waals surface area contributed by atoms with Crippen molar-refractivity contribution in [3.05, 3.63) is 23.8 Å². The molecule has 4 N–H and O–H groups in total. The molecular formula is C11H14N2O4S. The number of aromatic hydroxyl groups is 1. The lowest BCUT2D eigenvalue weighted by atomic mass is 10.2. The summed E-state index contributed by atoms with van der Waals surface area (Å²) in [4.78, 5) is 22.2. The molecule has 0 spiro atoms. The van der Waals surface area contributed by atoms with E-state index in [1.807, 2.05) is 6.26 Å². The lowest BCUT2D eigenvalue weighted by Gasteiger charge is -2.08. The van der Waals surface area contributed by atoms with Crippen molar-refractivity contribution in [2.45, 2.75) is 0 Å². The molecule has 18 heavy (non-hydrogen) atoms. The molecule has 98 valence electrons. The molecule has 1 aromatic carbocycles. The van der Waals surface area contributed by atoms with Gasteiger partial charge in [0.1, 0.15) is 11.3 Å². The first kappa shape index (κ1) is 14.2. The molecule has 0 saturated carbocycles. The SMILES string of the molecule is CSCCNC(=O)Nc1ccc(O)c(C(=O)O)c1. The Labute approximate surface area is 108 Å². The Morgan fingerprint density at radius 2 is 2.11 bits per heavy atom. The number of anilines is 1. The van der Waals surface area contributed by atoms with E-state index in [0.29, 0.717) is 12.2 Å². The molecule has 0 unspecified atom stereocenters. The molecule has 0 aliphatic heterocycles. The number of amides is 2. The van der Waals surface area contributed by atoms with E-state index in [9.17, 15) is 14.7 Å². The van der Waals surface area contributed by atoms with Crippen LogP contribution >= 0.6 is 11.8 Å². The first-order chi connectivity index (χ1) is 8.54. The van der Waals surface area contributed by atoms with Crippen molar-refractivity contribution in [3.8, 4) is 5.75 Å². The van der Waals surface area contributed by atoms with Crippen LogP contribution in [0.25, 0.3) is 0 Å². The van der Waals surface area contributed by atoms with Gasteiger partial charge in [0.15, 0.2) is 0 Å². The first-order valence-corrected chi connectivity index (χ1v) is 6.54. The minimum absolute atomic E-state index is 0.253. The van der Waals surface area contributed by atoms with Gasteiger partial charge in [0, 0.05) is 18.0 Å². The topological polar surface area (TPSA) is 98.7 Å². The zero-order chi connectivity index (χ0) is 13.5. The van der Waals surface area contributed by atoms with Gasteiger partial charge in [-0.25, -0.2) is 9.59 Å². The number of carbonyl (C=O) groups excluding carboxylic acids is 1. The Balaban J connectivity index is 2.65. The average molecular weight is 270 g/mol. The van der Waals surface area contributed by atoms with Crippen LogP contribution in [0.1, 0.15) is 10.4 Å². The zero-order valence-corrected chi connectivity index (χ0v) is 10.6. The van der Waals surface area contributed by atoms with Crippen molar-refractivity contribution < 1.29 is 19.8 Å². The molecule has 0 aliphatic carbocycles. The molecule has 2 amide bonds. The lowest BCUT2D eigenvalue weighted by molar-refractivity contribution is 0.0693. The van der Waals surface area contributed by atoms with Crippen LogP contribution in [0.15, 0.2) is 18.2 Å². The molecule has 0 aromatic heterocycles. The van der Waals surface area contributed by atoms with E-state index in [1.54, 1.807) is 11.8 Å². The summed E-state index contributed by atoms with van der Waals surface area (Å²) in [5.74, 6) is -0.793. The fraction of sp³-hybridized carbons (Fsp3) is 0.273. The highest BCUT2D eigenvalue weighted by atomic mass is 32.2. The molecular weight excluding hydrogens is 256 g/mol. The van der Waals surface area contributed by atoms with Crippen LogP contribution in [0, 0.1) is 0 Å². The van der Waals surface area contributed by atoms with Gasteiger partial charge in [-0.05, 0) is 24.5 Å². The third kappa shape index (κ3) is 4.17. The summed E-state index contributed by atoms with van der Waals surface area (Å²) in [6, 6.07) is 3.44. The van der Waals surface area contributed by atoms with Crippen molar-refractivity contribution in [1.82, 2.24) is 5.32 Å². The molecule has 0 atom stereocenters. The standard InChI is InChI=1S/C11H14N2O4S/c1-18-5-4-12-11(17)13-7-2-3-9(14)8(6-7)10(15)16/h2-3,6,14H,4-5H2,1H3,(H,15,16)(H2,12,13,17). The number of carbonyl (C=O) groups is 2. The predicted molar refractivity (Wildman–Crippen MR) is 70.5 cm³/mol. The van der Waals surface area contributed by atoms with E-state index >= 15 is 0 Å². The summed E-state index contributed by atoms with van der Waals surface area (Å²) in [6.45, 7) is 0.525. The van der Waals surface area contributed by atoms with Crippen LogP contribution in [-0.2, 0) is 0 Å². The predicted octanol–water partition coefficient (Wildman–Crippen LogP) is 1.57. The number of hydrogen-bond donors (Lipinski definition) is 4. The minimum Gasteiger partial charge on any atom is -0.507 e. The van der Waals surface area contributed by atoms with Crippen molar-refractivity contribution in [2.24, 2.45) is 0 Å². The van der Waals surface area contributed by atoms with Crippen LogP contribution < -0.4 is 10.6 Å². The molecule has 1 aromatic rings. The Morgan fingerprint density at radius 1 is 1.39 bits per heavy atom. The Kier molecular flexibility index (Phi) is 5.31. The fourth-order valence-electron chi connectivity index (χ4n) is 1.23. The molecule has 0 radical (unpaired) electrons. The Morgan fingerprint density at radius 3 is 2.72 bits per heavy atom. The first-order valence-electron chi connectivity index (χ1n) is 5.14. The van der Waals surface area contributed by atoms with E-state index in [0.717, 1.165) is 5.75 Å². The third-order valence-electron chi connectivity index (χ3n) is 2.08. The molecule has 0 fully saturated rings. The molecule has 6 nitrogen and oxygen atoms in total. The second kappa shape index (κ2) is 6.75. The van der Waals surface area contributed by atoms with Gasteiger partial charge in [-0.3, -0.25) is 0 Å². The monoisotopic (exact) mass is 270 g/mol. The quantitative estimate of drug-likeness (QED) is 0.481. The maximum absolute atomic E-state index is 11.4. The van der Waals surface area contributed by atoms with Crippen molar-refractivity contribution in [3.63, 3.8) is 0 Å². The highest BCUT2D eigenvalue weighted by Gasteiger charge is 2.11. The van der Waals surface area contributed by atoms with Crippen LogP contribution in [-0.4, -0.2) is 40.8 Å². The van der Waals surface area contributed by atoms with Gasteiger partial charge in [0.2, 0.25) is 0 Å². The number of carboxylic acid groups (broad SMARTS) is 1. The van der Waals surface area contributed by atoms with Crippen LogP contribution in [0.4, 0.5) is 10.5 Å². The van der Waals surface area contributed by atoms with Crippen LogP contribution in [0.2, 0.25) is 0 Å². The van der Waals surface area contributed by atoms with Gasteiger partial charge in [-0.2, -0.15) is 11.8 Å². The normalized spacial score (nSPS) is 9.83. The molecule has 0 bridgehead atoms. The fourth-order valence-corrected chi connectivity index (χ4v) is 1.53. The van der Waals surface area contributed by atoms with Crippen molar-refractivity contribution >= 4 is 29.4 Å². The van der Waals surface area contributed by atoms with Gasteiger partial charge in [-0.1, -0.05) is 0 Å². The van der Waals surface area contributed by atoms with E-state index in [2.05, 4.69) is 10.6 Å². The van der Waals surface area contributed by atoms with Crippen molar-refractivity contribution in [1.29, 1.82) is 0 Å². The molecule has 0 heterocycles. The third-order valence-corrected chi connectivity index (χ3v) is 2.69. The highest BCUT2D eigenvalue weighted by molar-refractivity contribution is 7.98. The minimum atomic E-state index is -1.25. The number of thioether (sulfide) groups is 1. The summed E-state index contributed by atoms with van der Waals surface area (Å²) < 4.78 is 0. The average Bonchev–Trinajstić information content (AvgIpc) is 2.31. The van der Waals surface area contributed by atoms with E-state index in [4.69, 9.17) is 5.11 Å². The van der Waals surface area contributed by atoms with E-state index < -0.39 is 12.0 Å². The number of aromatic carboxylic acids is 1. The maximum Gasteiger partial charge on any atom is 0.339 e. The number of hydrogen-bond acceptors (Lipinski definition) is 4. The Bertz CT molecular complexity index is 451. The number of phenols is 1. The largest absolute Gasteiger partial charge is 0.507 e. The summed E-state index contributed by atoms with van der Waals surface area (Å²) in [6.07, 6.45) is 1.93. The van der Waals surface area contributed by atoms with Gasteiger partial charge in [-0.15, -0.1) is 0 Å². The molecule has 0 saturated heterocycles. The number of carboxylic acids is 1. The highest BCUT2D eigenvalue weighted by Crippen LogP contribution is 2.21. The molecule has 0 aliphatic rings. The maximum atomic E-state index is 11.4. The second-order valence-corrected chi connectivity index (χ2v) is 4.40. The summed E-state index contributed by atoms with van der Waals surface area (Å²) in [7, 11) is 0. The number of nitrogens with one attached hydrogen (secondary N) is 2. The zero-order valence-electron chi connectivity index (χ0n) is 9.77. The van der Waals surface area contributed by atoms with Crippen LogP contribution in [0.5, 0.6) is 5.75 Å². The van der Waals surface area contributed by atoms with Gasteiger partial charge >= 0.3 is 12.0 Å². The van der Waals surface area contributed by atoms with Gasteiger partial charge in [0.25, 0.3) is 0 Å². The van der Waals surface area contributed by atoms with Crippen molar-refractivity contribution in [2.75, 3.05) is 23.9 Å². The van der Waals surface area contributed by atoms with Crippen LogP contribution in [0.3, 0.4) is 0 Å². The second-order valence-electron chi connectivity index (χ2n) is 3.41.